The monoisotopic (exact) mass is 253 g/mol. The summed E-state index contributed by atoms with van der Waals surface area (Å²) in [5.41, 5.74) is 0.795. The van der Waals surface area contributed by atoms with Crippen LogP contribution in [-0.4, -0.2) is 39.0 Å². The number of carbonyl (C=O) groups is 1. The average Bonchev–Trinajstić information content (AvgIpc) is 2.86. The topological polar surface area (TPSA) is 93.1 Å². The second kappa shape index (κ2) is 5.70. The number of amides is 1. The zero-order valence-electron chi connectivity index (χ0n) is 11.4. The lowest BCUT2D eigenvalue weighted by atomic mass is 9.91. The first-order valence-electron chi connectivity index (χ1n) is 5.79. The molecule has 0 unspecified atom stereocenters. The molecule has 1 amide bonds. The molecule has 0 aromatic carbocycles. The highest BCUT2D eigenvalue weighted by atomic mass is 16.6. The van der Waals surface area contributed by atoms with Crippen LogP contribution in [0.3, 0.4) is 0 Å². The molecule has 0 atom stereocenters. The maximum atomic E-state index is 10.5. The Bertz CT molecular complexity index is 417. The summed E-state index contributed by atoms with van der Waals surface area (Å²) in [5.74, 6) is 1.14. The van der Waals surface area contributed by atoms with Crippen LogP contribution in [0, 0.1) is 5.41 Å². The fraction of sp³-hybridized carbons (Fsp3) is 0.727. The number of aromatic amines is 1. The fourth-order valence-electron chi connectivity index (χ4n) is 1.10. The molecule has 1 aromatic heterocycles. The predicted molar refractivity (Wildman–Crippen MR) is 66.5 cm³/mol. The first kappa shape index (κ1) is 14.3. The van der Waals surface area contributed by atoms with E-state index in [4.69, 9.17) is 0 Å². The van der Waals surface area contributed by atoms with Gasteiger partial charge in [-0.05, 0) is 0 Å². The molecule has 0 bridgehead atoms. The van der Waals surface area contributed by atoms with E-state index in [2.05, 4.69) is 30.4 Å². The van der Waals surface area contributed by atoms with Crippen molar-refractivity contribution >= 4 is 11.8 Å². The van der Waals surface area contributed by atoms with Crippen LogP contribution >= 0.6 is 0 Å². The number of H-pyrrole nitrogens is 1. The van der Waals surface area contributed by atoms with Crippen LogP contribution in [-0.2, 0) is 4.74 Å². The van der Waals surface area contributed by atoms with Crippen molar-refractivity contribution in [3.8, 4) is 0 Å². The van der Waals surface area contributed by atoms with E-state index < -0.39 is 6.09 Å². The standard InChI is InChI=1S/C7H11NO2.C4H8N4/c1-7(2,3)5-4-10-6(9)8-5;1-3(2)4-5-7-8-6-4/h4H2,1-3H3;3H,1-2H3,(H,5,6,7,8). The molecule has 1 aliphatic rings. The maximum Gasteiger partial charge on any atom is 0.434 e. The van der Waals surface area contributed by atoms with Crippen LogP contribution in [0.15, 0.2) is 4.99 Å². The minimum Gasteiger partial charge on any atom is -0.442 e. The summed E-state index contributed by atoms with van der Waals surface area (Å²) < 4.78 is 4.65. The summed E-state index contributed by atoms with van der Waals surface area (Å²) in [7, 11) is 0. The van der Waals surface area contributed by atoms with E-state index in [1.165, 1.54) is 0 Å². The number of aromatic nitrogens is 4. The number of hydrogen-bond donors (Lipinski definition) is 1. The number of cyclic esters (lactones) is 1. The van der Waals surface area contributed by atoms with Crippen LogP contribution in [0.25, 0.3) is 0 Å². The molecule has 7 nitrogen and oxygen atoms in total. The lowest BCUT2D eigenvalue weighted by Crippen LogP contribution is -2.21. The maximum absolute atomic E-state index is 10.5. The Hall–Kier alpha value is -1.79. The van der Waals surface area contributed by atoms with E-state index in [1.54, 1.807) is 0 Å². The van der Waals surface area contributed by atoms with Crippen molar-refractivity contribution in [3.05, 3.63) is 5.82 Å². The van der Waals surface area contributed by atoms with Gasteiger partial charge in [0.2, 0.25) is 0 Å². The zero-order chi connectivity index (χ0) is 13.8. The molecule has 100 valence electrons. The summed E-state index contributed by atoms with van der Waals surface area (Å²) >= 11 is 0. The van der Waals surface area contributed by atoms with Crippen LogP contribution < -0.4 is 0 Å². The van der Waals surface area contributed by atoms with E-state index in [0.29, 0.717) is 12.5 Å². The molecule has 1 aliphatic heterocycles. The third-order valence-corrected chi connectivity index (χ3v) is 2.30. The van der Waals surface area contributed by atoms with Crippen molar-refractivity contribution in [2.24, 2.45) is 10.4 Å². The Balaban J connectivity index is 0.000000184. The number of aliphatic imine (C=N–C) groups is 1. The van der Waals surface area contributed by atoms with Gasteiger partial charge < -0.3 is 4.74 Å². The van der Waals surface area contributed by atoms with Crippen LogP contribution in [0.1, 0.15) is 46.4 Å². The number of nitrogens with zero attached hydrogens (tertiary/aromatic N) is 4. The summed E-state index contributed by atoms with van der Waals surface area (Å²) in [6.07, 6.45) is -0.454. The zero-order valence-corrected chi connectivity index (χ0v) is 11.4. The molecule has 0 radical (unpaired) electrons. The Morgan fingerprint density at radius 2 is 2.00 bits per heavy atom. The van der Waals surface area contributed by atoms with Gasteiger partial charge in [0, 0.05) is 11.3 Å². The van der Waals surface area contributed by atoms with Gasteiger partial charge in [-0.2, -0.15) is 10.2 Å². The molecule has 0 spiro atoms. The van der Waals surface area contributed by atoms with Crippen molar-refractivity contribution in [3.63, 3.8) is 0 Å². The Kier molecular flexibility index (Phi) is 4.52. The summed E-state index contributed by atoms with van der Waals surface area (Å²) in [4.78, 5) is 14.2. The first-order chi connectivity index (χ1) is 8.30. The quantitative estimate of drug-likeness (QED) is 0.825. The molecule has 1 aromatic rings. The van der Waals surface area contributed by atoms with Crippen molar-refractivity contribution in [2.45, 2.75) is 40.5 Å². The van der Waals surface area contributed by atoms with E-state index >= 15 is 0 Å². The highest BCUT2D eigenvalue weighted by Gasteiger charge is 2.25. The summed E-state index contributed by atoms with van der Waals surface area (Å²) in [6, 6.07) is 0. The van der Waals surface area contributed by atoms with Gasteiger partial charge in [0.15, 0.2) is 5.82 Å². The molecule has 18 heavy (non-hydrogen) atoms. The third kappa shape index (κ3) is 4.23. The Labute approximate surface area is 106 Å². The second-order valence-corrected chi connectivity index (χ2v) is 5.29. The molecule has 2 heterocycles. The molecule has 7 heteroatoms. The minimum atomic E-state index is -0.454. The van der Waals surface area contributed by atoms with E-state index in [1.807, 2.05) is 34.6 Å². The second-order valence-electron chi connectivity index (χ2n) is 5.29. The molecule has 1 N–H and O–H groups in total. The Morgan fingerprint density at radius 1 is 1.33 bits per heavy atom. The molecule has 0 aliphatic carbocycles. The van der Waals surface area contributed by atoms with Crippen molar-refractivity contribution in [1.82, 2.24) is 20.6 Å². The van der Waals surface area contributed by atoms with Gasteiger partial charge in [-0.15, -0.1) is 10.2 Å². The lowest BCUT2D eigenvalue weighted by molar-refractivity contribution is 0.180. The molecule has 0 saturated heterocycles. The largest absolute Gasteiger partial charge is 0.442 e. The normalized spacial score (nSPS) is 15.0. The van der Waals surface area contributed by atoms with E-state index in [-0.39, 0.29) is 5.41 Å². The molecular weight excluding hydrogens is 234 g/mol. The summed E-state index contributed by atoms with van der Waals surface area (Å²) in [5, 5.41) is 13.3. The number of carbonyl (C=O) groups excluding carboxylic acids is 1. The fourth-order valence-corrected chi connectivity index (χ4v) is 1.10. The lowest BCUT2D eigenvalue weighted by Gasteiger charge is -2.15. The predicted octanol–water partition coefficient (Wildman–Crippen LogP) is 1.95. The van der Waals surface area contributed by atoms with Crippen molar-refractivity contribution in [1.29, 1.82) is 0 Å². The molecular formula is C11H19N5O2. The highest BCUT2D eigenvalue weighted by molar-refractivity contribution is 6.01. The molecule has 2 rings (SSSR count). The number of rotatable bonds is 1. The van der Waals surface area contributed by atoms with E-state index in [0.717, 1.165) is 11.5 Å². The summed E-state index contributed by atoms with van der Waals surface area (Å²) in [6.45, 7) is 10.4. The number of nitrogens with one attached hydrogen (secondary N) is 1. The van der Waals surface area contributed by atoms with Gasteiger partial charge in [0.25, 0.3) is 0 Å². The number of tetrazole rings is 1. The van der Waals surface area contributed by atoms with Gasteiger partial charge in [0.1, 0.15) is 6.61 Å². The van der Waals surface area contributed by atoms with Crippen LogP contribution in [0.5, 0.6) is 0 Å². The Morgan fingerprint density at radius 3 is 2.22 bits per heavy atom. The molecule has 0 fully saturated rings. The van der Waals surface area contributed by atoms with Crippen LogP contribution in [0.4, 0.5) is 4.79 Å². The van der Waals surface area contributed by atoms with Gasteiger partial charge in [-0.25, -0.2) is 4.79 Å². The van der Waals surface area contributed by atoms with Gasteiger partial charge in [0.05, 0.1) is 5.71 Å². The SMILES string of the molecule is CC(C)(C)C1=NC(=O)OC1.CC(C)c1nn[nH]n1. The minimum absolute atomic E-state index is 0.0356. The number of hydrogen-bond acceptors (Lipinski definition) is 5. The number of ether oxygens (including phenoxy) is 1. The van der Waals surface area contributed by atoms with Gasteiger partial charge in [-0.1, -0.05) is 39.8 Å². The third-order valence-electron chi connectivity index (χ3n) is 2.30. The smallest absolute Gasteiger partial charge is 0.434 e. The first-order valence-corrected chi connectivity index (χ1v) is 5.79. The van der Waals surface area contributed by atoms with Crippen molar-refractivity contribution < 1.29 is 9.53 Å². The van der Waals surface area contributed by atoms with Gasteiger partial charge >= 0.3 is 6.09 Å². The van der Waals surface area contributed by atoms with Gasteiger partial charge in [-0.3, -0.25) is 0 Å². The van der Waals surface area contributed by atoms with Crippen molar-refractivity contribution in [2.75, 3.05) is 6.61 Å². The molecule has 0 saturated carbocycles. The average molecular weight is 253 g/mol. The highest BCUT2D eigenvalue weighted by Crippen LogP contribution is 2.19. The van der Waals surface area contributed by atoms with E-state index in [9.17, 15) is 4.79 Å². The van der Waals surface area contributed by atoms with Crippen LogP contribution in [0.2, 0.25) is 0 Å².